The van der Waals surface area contributed by atoms with Crippen LogP contribution in [0.15, 0.2) is 27.2 Å². The molecule has 0 radical (unpaired) electrons. The third-order valence-electron chi connectivity index (χ3n) is 5.80. The first-order chi connectivity index (χ1) is 13.5. The van der Waals surface area contributed by atoms with Crippen molar-refractivity contribution in [3.05, 3.63) is 41.5 Å². The molecule has 0 saturated carbocycles. The molecule has 1 N–H and O–H groups in total. The number of rotatable bonds is 6. The first-order valence-electron chi connectivity index (χ1n) is 10.3. The van der Waals surface area contributed by atoms with Gasteiger partial charge in [0.2, 0.25) is 0 Å². The van der Waals surface area contributed by atoms with Crippen molar-refractivity contribution in [2.45, 2.75) is 57.9 Å². The number of ether oxygens (including phenoxy) is 1. The fourth-order valence-corrected chi connectivity index (χ4v) is 4.18. The van der Waals surface area contributed by atoms with Gasteiger partial charge in [0.25, 0.3) is 0 Å². The Balaban J connectivity index is 1.30. The largest absolute Gasteiger partial charge is 0.462 e. The fraction of sp³-hybridized carbons (Fsp3) is 0.667. The lowest BCUT2D eigenvalue weighted by Gasteiger charge is -2.47. The third kappa shape index (κ3) is 4.49. The van der Waals surface area contributed by atoms with E-state index in [4.69, 9.17) is 13.6 Å². The summed E-state index contributed by atoms with van der Waals surface area (Å²) in [6.07, 6.45) is 3.85. The van der Waals surface area contributed by atoms with E-state index in [2.05, 4.69) is 28.6 Å². The average molecular weight is 389 g/mol. The number of piperidine rings is 1. The van der Waals surface area contributed by atoms with Crippen molar-refractivity contribution < 1.29 is 18.7 Å². The van der Waals surface area contributed by atoms with Gasteiger partial charge in [0.15, 0.2) is 5.89 Å². The SMILES string of the molecule is CC(C)c1nc(CN2CCC3(CC2)CN(Cc2ccc(CO)o2)CCO3)co1. The zero-order valence-corrected chi connectivity index (χ0v) is 16.9. The summed E-state index contributed by atoms with van der Waals surface area (Å²) in [5, 5.41) is 9.17. The lowest BCUT2D eigenvalue weighted by atomic mass is 9.89. The van der Waals surface area contributed by atoms with Crippen molar-refractivity contribution >= 4 is 0 Å². The van der Waals surface area contributed by atoms with E-state index >= 15 is 0 Å². The van der Waals surface area contributed by atoms with Gasteiger partial charge in [-0.3, -0.25) is 9.80 Å². The molecule has 2 aromatic rings. The molecular weight excluding hydrogens is 358 g/mol. The van der Waals surface area contributed by atoms with Crippen LogP contribution >= 0.6 is 0 Å². The maximum atomic E-state index is 9.17. The number of furan rings is 1. The molecular formula is C21H31N3O4. The molecule has 2 aliphatic heterocycles. The molecule has 154 valence electrons. The topological polar surface area (TPSA) is 75.1 Å². The van der Waals surface area contributed by atoms with Crippen LogP contribution in [0, 0.1) is 0 Å². The molecule has 0 atom stereocenters. The standard InChI is InChI=1S/C21H31N3O4/c1-16(2)20-22-17(14-26-20)11-23-7-5-21(6-8-23)15-24(9-10-27-21)12-18-3-4-19(13-25)28-18/h3-4,14,16,25H,5-13,15H2,1-2H3. The predicted octanol–water partition coefficient (Wildman–Crippen LogP) is 2.75. The van der Waals surface area contributed by atoms with Crippen LogP contribution < -0.4 is 0 Å². The van der Waals surface area contributed by atoms with Crippen LogP contribution in [-0.4, -0.2) is 58.3 Å². The Kier molecular flexibility index (Phi) is 5.87. The number of hydrogen-bond acceptors (Lipinski definition) is 7. The highest BCUT2D eigenvalue weighted by molar-refractivity contribution is 5.07. The van der Waals surface area contributed by atoms with Crippen molar-refractivity contribution in [1.29, 1.82) is 0 Å². The summed E-state index contributed by atoms with van der Waals surface area (Å²) in [5.41, 5.74) is 0.956. The minimum absolute atomic E-state index is 0.0485. The highest BCUT2D eigenvalue weighted by Gasteiger charge is 2.39. The minimum atomic E-state index is -0.0614. The van der Waals surface area contributed by atoms with Gasteiger partial charge < -0.3 is 18.7 Å². The molecule has 0 unspecified atom stereocenters. The van der Waals surface area contributed by atoms with Gasteiger partial charge in [0.1, 0.15) is 24.4 Å². The number of aliphatic hydroxyl groups excluding tert-OH is 1. The fourth-order valence-electron chi connectivity index (χ4n) is 4.18. The molecule has 0 bridgehead atoms. The highest BCUT2D eigenvalue weighted by atomic mass is 16.5. The molecule has 2 fully saturated rings. The van der Waals surface area contributed by atoms with Crippen molar-refractivity contribution in [2.24, 2.45) is 0 Å². The molecule has 4 heterocycles. The summed E-state index contributed by atoms with van der Waals surface area (Å²) in [4.78, 5) is 9.45. The van der Waals surface area contributed by atoms with Gasteiger partial charge in [-0.05, 0) is 25.0 Å². The Morgan fingerprint density at radius 1 is 1.11 bits per heavy atom. The quantitative estimate of drug-likeness (QED) is 0.814. The van der Waals surface area contributed by atoms with Gasteiger partial charge in [-0.15, -0.1) is 0 Å². The molecule has 2 aliphatic rings. The number of nitrogens with zero attached hydrogens (tertiary/aromatic N) is 3. The summed E-state index contributed by atoms with van der Waals surface area (Å²) < 4.78 is 17.5. The Labute approximate surface area is 166 Å². The van der Waals surface area contributed by atoms with E-state index in [0.29, 0.717) is 11.7 Å². The zero-order valence-electron chi connectivity index (χ0n) is 16.9. The predicted molar refractivity (Wildman–Crippen MR) is 104 cm³/mol. The molecule has 0 amide bonds. The van der Waals surface area contributed by atoms with Gasteiger partial charge in [-0.2, -0.15) is 0 Å². The van der Waals surface area contributed by atoms with E-state index in [1.54, 1.807) is 6.26 Å². The number of oxazole rings is 1. The van der Waals surface area contributed by atoms with Crippen LogP contribution in [0.4, 0.5) is 0 Å². The molecule has 0 aliphatic carbocycles. The second kappa shape index (κ2) is 8.37. The van der Waals surface area contributed by atoms with Crippen molar-refractivity contribution in [1.82, 2.24) is 14.8 Å². The molecule has 0 aromatic carbocycles. The van der Waals surface area contributed by atoms with Crippen LogP contribution in [0.2, 0.25) is 0 Å². The van der Waals surface area contributed by atoms with E-state index in [9.17, 15) is 5.11 Å². The average Bonchev–Trinajstić information content (AvgIpc) is 3.33. The van der Waals surface area contributed by atoms with Crippen LogP contribution in [-0.2, 0) is 24.4 Å². The molecule has 7 heteroatoms. The Morgan fingerprint density at radius 3 is 2.57 bits per heavy atom. The molecule has 2 saturated heterocycles. The first kappa shape index (κ1) is 19.6. The maximum Gasteiger partial charge on any atom is 0.196 e. The Morgan fingerprint density at radius 2 is 1.89 bits per heavy atom. The smallest absolute Gasteiger partial charge is 0.196 e. The second-order valence-electron chi connectivity index (χ2n) is 8.38. The Hall–Kier alpha value is -1.67. The summed E-state index contributed by atoms with van der Waals surface area (Å²) in [7, 11) is 0. The normalized spacial score (nSPS) is 21.0. The monoisotopic (exact) mass is 389 g/mol. The van der Waals surface area contributed by atoms with Gasteiger partial charge in [-0.25, -0.2) is 4.98 Å². The molecule has 2 aromatic heterocycles. The van der Waals surface area contributed by atoms with Crippen LogP contribution in [0.1, 0.15) is 55.7 Å². The third-order valence-corrected chi connectivity index (χ3v) is 5.80. The van der Waals surface area contributed by atoms with Gasteiger partial charge in [-0.1, -0.05) is 13.8 Å². The lowest BCUT2D eigenvalue weighted by Crippen LogP contribution is -2.56. The zero-order chi connectivity index (χ0) is 19.6. The molecule has 7 nitrogen and oxygen atoms in total. The minimum Gasteiger partial charge on any atom is -0.462 e. The van der Waals surface area contributed by atoms with Gasteiger partial charge >= 0.3 is 0 Å². The Bertz CT molecular complexity index is 761. The molecule has 28 heavy (non-hydrogen) atoms. The van der Waals surface area contributed by atoms with Crippen molar-refractivity contribution in [3.63, 3.8) is 0 Å². The molecule has 4 rings (SSSR count). The molecule has 1 spiro atoms. The number of hydrogen-bond donors (Lipinski definition) is 1. The van der Waals surface area contributed by atoms with Crippen molar-refractivity contribution in [3.8, 4) is 0 Å². The summed E-state index contributed by atoms with van der Waals surface area (Å²) in [5.74, 6) is 2.67. The van der Waals surface area contributed by atoms with Crippen LogP contribution in [0.3, 0.4) is 0 Å². The van der Waals surface area contributed by atoms with E-state index in [-0.39, 0.29) is 12.2 Å². The summed E-state index contributed by atoms with van der Waals surface area (Å²) in [6, 6.07) is 3.80. The second-order valence-corrected chi connectivity index (χ2v) is 8.38. The van der Waals surface area contributed by atoms with Gasteiger partial charge in [0.05, 0.1) is 24.4 Å². The summed E-state index contributed by atoms with van der Waals surface area (Å²) in [6.45, 7) is 10.4. The van der Waals surface area contributed by atoms with Gasteiger partial charge in [0, 0.05) is 38.6 Å². The van der Waals surface area contributed by atoms with Crippen LogP contribution in [0.5, 0.6) is 0 Å². The van der Waals surface area contributed by atoms with E-state index in [1.165, 1.54) is 0 Å². The van der Waals surface area contributed by atoms with Crippen LogP contribution in [0.25, 0.3) is 0 Å². The summed E-state index contributed by atoms with van der Waals surface area (Å²) >= 11 is 0. The number of aromatic nitrogens is 1. The number of morpholine rings is 1. The van der Waals surface area contributed by atoms with E-state index < -0.39 is 0 Å². The number of likely N-dealkylation sites (tertiary alicyclic amines) is 1. The maximum absolute atomic E-state index is 9.17. The van der Waals surface area contributed by atoms with Crippen molar-refractivity contribution in [2.75, 3.05) is 32.8 Å². The lowest BCUT2D eigenvalue weighted by molar-refractivity contribution is -0.139. The van der Waals surface area contributed by atoms with E-state index in [0.717, 1.165) is 76.1 Å². The highest BCUT2D eigenvalue weighted by Crippen LogP contribution is 2.31. The van der Waals surface area contributed by atoms with E-state index in [1.807, 2.05) is 12.1 Å². The number of aliphatic hydroxyl groups is 1. The first-order valence-corrected chi connectivity index (χ1v) is 10.3.